The number of hydrogen-bond donors (Lipinski definition) is 1. The van der Waals surface area contributed by atoms with E-state index in [1.807, 2.05) is 0 Å². The number of anilines is 1. The van der Waals surface area contributed by atoms with E-state index in [-0.39, 0.29) is 5.41 Å². The van der Waals surface area contributed by atoms with Crippen LogP contribution < -0.4 is 10.2 Å². The minimum Gasteiger partial charge on any atom is -0.336 e. The first kappa shape index (κ1) is 15.0. The van der Waals surface area contributed by atoms with E-state index in [9.17, 15) is 0 Å². The molecule has 0 amide bonds. The van der Waals surface area contributed by atoms with E-state index in [1.165, 1.54) is 11.1 Å². The number of nitrogens with zero attached hydrogens (tertiary/aromatic N) is 5. The standard InChI is InChI=1S/C16H24N6/c1-16(2,3)14-6-4-13(5-7-14)12-22-19-15(18-20-22)21-10-8-17-9-11-21/h4-7,17H,8-12H2,1-3H3. The Morgan fingerprint density at radius 1 is 1.09 bits per heavy atom. The molecule has 0 saturated carbocycles. The van der Waals surface area contributed by atoms with Gasteiger partial charge < -0.3 is 10.2 Å². The van der Waals surface area contributed by atoms with Crippen LogP contribution in [0.25, 0.3) is 0 Å². The zero-order chi connectivity index (χ0) is 15.6. The fraction of sp³-hybridized carbons (Fsp3) is 0.562. The zero-order valence-electron chi connectivity index (χ0n) is 13.6. The molecule has 6 nitrogen and oxygen atoms in total. The summed E-state index contributed by atoms with van der Waals surface area (Å²) >= 11 is 0. The quantitative estimate of drug-likeness (QED) is 0.929. The number of nitrogens with one attached hydrogen (secondary N) is 1. The van der Waals surface area contributed by atoms with Gasteiger partial charge in [0, 0.05) is 26.2 Å². The van der Waals surface area contributed by atoms with Crippen LogP contribution in [0.1, 0.15) is 31.9 Å². The van der Waals surface area contributed by atoms with Crippen molar-refractivity contribution in [1.29, 1.82) is 0 Å². The lowest BCUT2D eigenvalue weighted by atomic mass is 9.87. The first-order valence-electron chi connectivity index (χ1n) is 7.85. The van der Waals surface area contributed by atoms with Gasteiger partial charge >= 0.3 is 0 Å². The molecule has 1 aromatic carbocycles. The van der Waals surface area contributed by atoms with E-state index >= 15 is 0 Å². The van der Waals surface area contributed by atoms with Gasteiger partial charge in [0.1, 0.15) is 0 Å². The molecule has 0 radical (unpaired) electrons. The maximum absolute atomic E-state index is 4.49. The van der Waals surface area contributed by atoms with Gasteiger partial charge in [-0.15, -0.1) is 5.10 Å². The van der Waals surface area contributed by atoms with Crippen molar-refractivity contribution >= 4 is 5.95 Å². The second-order valence-electron chi connectivity index (χ2n) is 6.80. The first-order chi connectivity index (χ1) is 10.5. The van der Waals surface area contributed by atoms with Crippen molar-refractivity contribution in [2.75, 3.05) is 31.1 Å². The van der Waals surface area contributed by atoms with Gasteiger partial charge in [0.25, 0.3) is 5.95 Å². The number of aromatic nitrogens is 4. The highest BCUT2D eigenvalue weighted by Crippen LogP contribution is 2.22. The van der Waals surface area contributed by atoms with Crippen LogP contribution in [-0.2, 0) is 12.0 Å². The van der Waals surface area contributed by atoms with E-state index in [2.05, 4.69) is 70.7 Å². The predicted molar refractivity (Wildman–Crippen MR) is 87.1 cm³/mol. The third-order valence-corrected chi connectivity index (χ3v) is 3.99. The average Bonchev–Trinajstić information content (AvgIpc) is 2.96. The van der Waals surface area contributed by atoms with Gasteiger partial charge in [-0.1, -0.05) is 50.1 Å². The first-order valence-corrected chi connectivity index (χ1v) is 7.85. The summed E-state index contributed by atoms with van der Waals surface area (Å²) in [6.07, 6.45) is 0. The molecule has 118 valence electrons. The van der Waals surface area contributed by atoms with Crippen LogP contribution in [0.15, 0.2) is 24.3 Å². The van der Waals surface area contributed by atoms with Crippen LogP contribution in [-0.4, -0.2) is 46.4 Å². The number of benzene rings is 1. The Morgan fingerprint density at radius 2 is 1.77 bits per heavy atom. The van der Waals surface area contributed by atoms with Crippen LogP contribution in [0.3, 0.4) is 0 Å². The summed E-state index contributed by atoms with van der Waals surface area (Å²) in [6, 6.07) is 8.66. The third kappa shape index (κ3) is 3.44. The molecule has 0 aliphatic carbocycles. The Labute approximate surface area is 131 Å². The van der Waals surface area contributed by atoms with Crippen LogP contribution in [0, 0.1) is 0 Å². The maximum atomic E-state index is 4.49. The molecular formula is C16H24N6. The van der Waals surface area contributed by atoms with E-state index in [0.717, 1.165) is 32.1 Å². The van der Waals surface area contributed by atoms with Crippen LogP contribution >= 0.6 is 0 Å². The number of rotatable bonds is 3. The van der Waals surface area contributed by atoms with Crippen molar-refractivity contribution in [3.05, 3.63) is 35.4 Å². The Morgan fingerprint density at radius 3 is 2.41 bits per heavy atom. The number of tetrazole rings is 1. The molecule has 1 aliphatic rings. The van der Waals surface area contributed by atoms with Gasteiger partial charge in [-0.25, -0.2) is 0 Å². The second kappa shape index (κ2) is 6.04. The van der Waals surface area contributed by atoms with Gasteiger partial charge in [0.2, 0.25) is 0 Å². The third-order valence-electron chi connectivity index (χ3n) is 3.99. The lowest BCUT2D eigenvalue weighted by Gasteiger charge is -2.25. The minimum atomic E-state index is 0.180. The van der Waals surface area contributed by atoms with Gasteiger partial charge in [0.15, 0.2) is 0 Å². The van der Waals surface area contributed by atoms with Gasteiger partial charge in [-0.05, 0) is 21.8 Å². The van der Waals surface area contributed by atoms with Gasteiger partial charge in [0.05, 0.1) is 6.54 Å². The fourth-order valence-corrected chi connectivity index (χ4v) is 2.57. The SMILES string of the molecule is CC(C)(C)c1ccc(Cn2nnc(N3CCNCC3)n2)cc1. The molecule has 1 N–H and O–H groups in total. The molecule has 22 heavy (non-hydrogen) atoms. The molecule has 2 heterocycles. The smallest absolute Gasteiger partial charge is 0.266 e. The van der Waals surface area contributed by atoms with Gasteiger partial charge in [-0.2, -0.15) is 4.80 Å². The topological polar surface area (TPSA) is 58.9 Å². The summed E-state index contributed by atoms with van der Waals surface area (Å²) in [6.45, 7) is 11.1. The average molecular weight is 300 g/mol. The molecule has 1 aliphatic heterocycles. The molecule has 2 aromatic rings. The molecular weight excluding hydrogens is 276 g/mol. The summed E-state index contributed by atoms with van der Waals surface area (Å²) in [7, 11) is 0. The molecule has 6 heteroatoms. The highest BCUT2D eigenvalue weighted by atomic mass is 15.6. The Kier molecular flexibility index (Phi) is 4.11. The highest BCUT2D eigenvalue weighted by molar-refractivity contribution is 5.29. The highest BCUT2D eigenvalue weighted by Gasteiger charge is 2.16. The van der Waals surface area contributed by atoms with Crippen LogP contribution in [0.4, 0.5) is 5.95 Å². The fourth-order valence-electron chi connectivity index (χ4n) is 2.57. The molecule has 0 spiro atoms. The van der Waals surface area contributed by atoms with Crippen LogP contribution in [0.2, 0.25) is 0 Å². The predicted octanol–water partition coefficient (Wildman–Crippen LogP) is 1.43. The van der Waals surface area contributed by atoms with E-state index < -0.39 is 0 Å². The number of piperazine rings is 1. The summed E-state index contributed by atoms with van der Waals surface area (Å²) in [4.78, 5) is 3.84. The Hall–Kier alpha value is -1.95. The molecule has 1 fully saturated rings. The van der Waals surface area contributed by atoms with Crippen molar-refractivity contribution in [2.45, 2.75) is 32.7 Å². The van der Waals surface area contributed by atoms with Crippen molar-refractivity contribution in [2.24, 2.45) is 0 Å². The maximum Gasteiger partial charge on any atom is 0.266 e. The minimum absolute atomic E-state index is 0.180. The summed E-state index contributed by atoms with van der Waals surface area (Å²) in [5.74, 6) is 0.729. The van der Waals surface area contributed by atoms with E-state index in [0.29, 0.717) is 6.54 Å². The summed E-state index contributed by atoms with van der Waals surface area (Å²) < 4.78 is 0. The monoisotopic (exact) mass is 300 g/mol. The lowest BCUT2D eigenvalue weighted by molar-refractivity contribution is 0.561. The second-order valence-corrected chi connectivity index (χ2v) is 6.80. The molecule has 1 saturated heterocycles. The molecule has 0 atom stereocenters. The van der Waals surface area contributed by atoms with Crippen molar-refractivity contribution in [1.82, 2.24) is 25.5 Å². The normalized spacial score (nSPS) is 16.0. The van der Waals surface area contributed by atoms with E-state index in [1.54, 1.807) is 4.80 Å². The molecule has 0 unspecified atom stereocenters. The summed E-state index contributed by atoms with van der Waals surface area (Å²) in [5.41, 5.74) is 2.71. The molecule has 3 rings (SSSR count). The lowest BCUT2D eigenvalue weighted by Crippen LogP contribution is -2.44. The van der Waals surface area contributed by atoms with Gasteiger partial charge in [-0.3, -0.25) is 0 Å². The Bertz CT molecular complexity index is 604. The molecule has 1 aromatic heterocycles. The molecule has 0 bridgehead atoms. The zero-order valence-corrected chi connectivity index (χ0v) is 13.6. The largest absolute Gasteiger partial charge is 0.336 e. The van der Waals surface area contributed by atoms with Crippen molar-refractivity contribution in [3.63, 3.8) is 0 Å². The van der Waals surface area contributed by atoms with Crippen molar-refractivity contribution < 1.29 is 0 Å². The van der Waals surface area contributed by atoms with E-state index in [4.69, 9.17) is 0 Å². The van der Waals surface area contributed by atoms with Crippen LogP contribution in [0.5, 0.6) is 0 Å². The summed E-state index contributed by atoms with van der Waals surface area (Å²) in [5, 5.41) is 16.2. The number of hydrogen-bond acceptors (Lipinski definition) is 5. The van der Waals surface area contributed by atoms with Crippen molar-refractivity contribution in [3.8, 4) is 0 Å². The Balaban J connectivity index is 1.67.